The van der Waals surface area contributed by atoms with Gasteiger partial charge in [-0.15, -0.1) is 0 Å². The summed E-state index contributed by atoms with van der Waals surface area (Å²) in [7, 11) is 0. The lowest BCUT2D eigenvalue weighted by atomic mass is 9.93. The van der Waals surface area contributed by atoms with Gasteiger partial charge >= 0.3 is 0 Å². The van der Waals surface area contributed by atoms with Crippen molar-refractivity contribution in [3.63, 3.8) is 0 Å². The van der Waals surface area contributed by atoms with Crippen molar-refractivity contribution in [3.05, 3.63) is 206 Å². The largest absolute Gasteiger partial charge is 0.309 e. The number of para-hydroxylation sites is 3. The van der Waals surface area contributed by atoms with E-state index in [4.69, 9.17) is 9.97 Å². The van der Waals surface area contributed by atoms with Crippen LogP contribution in [0.2, 0.25) is 0 Å². The number of aryl methyl sites for hydroxylation is 2. The van der Waals surface area contributed by atoms with Crippen molar-refractivity contribution in [3.8, 4) is 44.8 Å². The van der Waals surface area contributed by atoms with Crippen LogP contribution in [0.4, 0.5) is 0 Å². The van der Waals surface area contributed by atoms with E-state index in [1.54, 1.807) is 0 Å². The first-order valence-corrected chi connectivity index (χ1v) is 20.6. The maximum Gasteiger partial charge on any atom is 0.0974 e. The molecule has 4 heterocycles. The number of hydrogen-bond donors (Lipinski definition) is 0. The van der Waals surface area contributed by atoms with Crippen molar-refractivity contribution in [1.82, 2.24) is 19.1 Å². The van der Waals surface area contributed by atoms with Crippen molar-refractivity contribution in [2.75, 3.05) is 0 Å². The van der Waals surface area contributed by atoms with Crippen molar-refractivity contribution in [2.24, 2.45) is 0 Å². The van der Waals surface area contributed by atoms with E-state index in [-0.39, 0.29) is 0 Å². The van der Waals surface area contributed by atoms with Gasteiger partial charge in [0.2, 0.25) is 0 Å². The molecule has 4 heteroatoms. The van der Waals surface area contributed by atoms with E-state index in [0.717, 1.165) is 55.7 Å². The first kappa shape index (κ1) is 34.2. The van der Waals surface area contributed by atoms with Gasteiger partial charge in [-0.25, -0.2) is 0 Å². The zero-order valence-corrected chi connectivity index (χ0v) is 33.3. The summed E-state index contributed by atoms with van der Waals surface area (Å²) in [5, 5.41) is 7.19. The number of benzene rings is 8. The Bertz CT molecular complexity index is 3630. The van der Waals surface area contributed by atoms with Gasteiger partial charge in [-0.2, -0.15) is 0 Å². The fourth-order valence-corrected chi connectivity index (χ4v) is 9.60. The van der Waals surface area contributed by atoms with Gasteiger partial charge in [-0.3, -0.25) is 9.97 Å². The van der Waals surface area contributed by atoms with Gasteiger partial charge in [0, 0.05) is 55.1 Å². The SMILES string of the molecule is Cc1cc(-c2ccccc2)c2ccc3c(-c4cccc(-c5ccc6c(c5)c5ccccc5n6-c5cccc(-n6c7ccccc7c7ccccc76)c5)c4)cc(C)nc3c2n1. The number of rotatable bonds is 5. The van der Waals surface area contributed by atoms with Crippen LogP contribution in [0, 0.1) is 13.8 Å². The first-order valence-electron chi connectivity index (χ1n) is 20.6. The predicted octanol–water partition coefficient (Wildman–Crippen LogP) is 14.6. The van der Waals surface area contributed by atoms with Crippen molar-refractivity contribution >= 4 is 65.4 Å². The van der Waals surface area contributed by atoms with Gasteiger partial charge in [0.05, 0.1) is 33.1 Å². The van der Waals surface area contributed by atoms with Gasteiger partial charge in [0.25, 0.3) is 0 Å². The minimum atomic E-state index is 0.935. The second-order valence-corrected chi connectivity index (χ2v) is 15.9. The highest BCUT2D eigenvalue weighted by Crippen LogP contribution is 2.40. The molecular weight excluding hydrogens is 729 g/mol. The number of fused-ring (bicyclic) bond motifs is 9. The molecule has 0 aliphatic carbocycles. The van der Waals surface area contributed by atoms with Gasteiger partial charge in [0.1, 0.15) is 0 Å². The molecule has 0 bridgehead atoms. The first-order chi connectivity index (χ1) is 29.6. The van der Waals surface area contributed by atoms with Crippen molar-refractivity contribution in [2.45, 2.75) is 13.8 Å². The summed E-state index contributed by atoms with van der Waals surface area (Å²) in [5.74, 6) is 0. The third kappa shape index (κ3) is 5.31. The molecule has 60 heavy (non-hydrogen) atoms. The number of pyridine rings is 2. The van der Waals surface area contributed by atoms with Crippen LogP contribution in [0.15, 0.2) is 194 Å². The van der Waals surface area contributed by atoms with E-state index in [9.17, 15) is 0 Å². The van der Waals surface area contributed by atoms with Crippen LogP contribution in [-0.2, 0) is 0 Å². The molecule has 0 amide bonds. The summed E-state index contributed by atoms with van der Waals surface area (Å²) in [5.41, 5.74) is 17.9. The summed E-state index contributed by atoms with van der Waals surface area (Å²) in [6, 6.07) is 70.4. The average molecular weight is 767 g/mol. The third-order valence-corrected chi connectivity index (χ3v) is 12.2. The Balaban J connectivity index is 0.984. The van der Waals surface area contributed by atoms with Crippen LogP contribution in [0.5, 0.6) is 0 Å². The second kappa shape index (κ2) is 13.4. The minimum Gasteiger partial charge on any atom is -0.309 e. The van der Waals surface area contributed by atoms with Crippen LogP contribution in [0.1, 0.15) is 11.4 Å². The quantitative estimate of drug-likeness (QED) is 0.164. The molecule has 0 N–H and O–H groups in total. The Morgan fingerprint density at radius 2 is 0.750 bits per heavy atom. The van der Waals surface area contributed by atoms with Crippen LogP contribution in [0.3, 0.4) is 0 Å². The lowest BCUT2D eigenvalue weighted by Gasteiger charge is -2.14. The summed E-state index contributed by atoms with van der Waals surface area (Å²) in [6.45, 7) is 4.16. The van der Waals surface area contributed by atoms with Crippen LogP contribution < -0.4 is 0 Å². The third-order valence-electron chi connectivity index (χ3n) is 12.2. The van der Waals surface area contributed by atoms with E-state index < -0.39 is 0 Å². The molecule has 8 aromatic carbocycles. The summed E-state index contributed by atoms with van der Waals surface area (Å²) >= 11 is 0. The van der Waals surface area contributed by atoms with E-state index in [2.05, 4.69) is 217 Å². The summed E-state index contributed by atoms with van der Waals surface area (Å²) < 4.78 is 4.81. The lowest BCUT2D eigenvalue weighted by Crippen LogP contribution is -1.98. The molecule has 12 aromatic rings. The van der Waals surface area contributed by atoms with Crippen LogP contribution in [-0.4, -0.2) is 19.1 Å². The van der Waals surface area contributed by atoms with Gasteiger partial charge in [0.15, 0.2) is 0 Å². The van der Waals surface area contributed by atoms with E-state index in [1.807, 2.05) is 0 Å². The molecule has 4 nitrogen and oxygen atoms in total. The molecular formula is C56H38N4. The second-order valence-electron chi connectivity index (χ2n) is 15.9. The molecule has 0 radical (unpaired) electrons. The molecule has 0 fully saturated rings. The Labute approximate surface area is 347 Å². The summed E-state index contributed by atoms with van der Waals surface area (Å²) in [4.78, 5) is 10.2. The Morgan fingerprint density at radius 1 is 0.300 bits per heavy atom. The normalized spacial score (nSPS) is 11.8. The highest BCUT2D eigenvalue weighted by atomic mass is 15.0. The minimum absolute atomic E-state index is 0.935. The smallest absolute Gasteiger partial charge is 0.0974 e. The Morgan fingerprint density at radius 3 is 1.35 bits per heavy atom. The highest BCUT2D eigenvalue weighted by Gasteiger charge is 2.18. The standard InChI is InChI=1S/C56H38N4/c1-35-30-48(37-14-4-3-5-15-37)46-27-28-47-49(31-36(2)58-56(47)55(46)57-35)40-17-12-16-38(32-40)39-26-29-54-50(33-39)45-22-8-11-25-53(45)60(54)42-19-13-18-41(34-42)59-51-23-9-6-20-43(51)44-21-7-10-24-52(44)59/h3-34H,1-2H3. The van der Waals surface area contributed by atoms with E-state index in [0.29, 0.717) is 0 Å². The topological polar surface area (TPSA) is 35.6 Å². The Hall–Kier alpha value is -7.82. The Kier molecular flexibility index (Phi) is 7.63. The monoisotopic (exact) mass is 766 g/mol. The number of hydrogen-bond acceptors (Lipinski definition) is 2. The zero-order chi connectivity index (χ0) is 39.9. The molecule has 0 aliphatic heterocycles. The molecule has 4 aromatic heterocycles. The zero-order valence-electron chi connectivity index (χ0n) is 33.3. The maximum absolute atomic E-state index is 5.12. The van der Waals surface area contributed by atoms with Crippen LogP contribution >= 0.6 is 0 Å². The number of nitrogens with zero attached hydrogens (tertiary/aromatic N) is 4. The fraction of sp³-hybridized carbons (Fsp3) is 0.0357. The molecule has 282 valence electrons. The molecule has 12 rings (SSSR count). The molecule has 0 atom stereocenters. The average Bonchev–Trinajstić information content (AvgIpc) is 3.81. The molecule has 0 saturated heterocycles. The highest BCUT2D eigenvalue weighted by molar-refractivity contribution is 6.13. The molecule has 0 aliphatic rings. The van der Waals surface area contributed by atoms with E-state index >= 15 is 0 Å². The predicted molar refractivity (Wildman–Crippen MR) is 252 cm³/mol. The molecule has 0 unspecified atom stereocenters. The summed E-state index contributed by atoms with van der Waals surface area (Å²) in [6.07, 6.45) is 0. The van der Waals surface area contributed by atoms with Crippen molar-refractivity contribution < 1.29 is 0 Å². The van der Waals surface area contributed by atoms with Crippen molar-refractivity contribution in [1.29, 1.82) is 0 Å². The fourth-order valence-electron chi connectivity index (χ4n) is 9.60. The molecule has 0 spiro atoms. The number of aromatic nitrogens is 4. The maximum atomic E-state index is 5.12. The van der Waals surface area contributed by atoms with Gasteiger partial charge in [-0.05, 0) is 114 Å². The van der Waals surface area contributed by atoms with Gasteiger partial charge < -0.3 is 9.13 Å². The molecule has 0 saturated carbocycles. The van der Waals surface area contributed by atoms with Gasteiger partial charge in [-0.1, -0.05) is 127 Å². The lowest BCUT2D eigenvalue weighted by molar-refractivity contribution is 1.13. The van der Waals surface area contributed by atoms with Crippen LogP contribution in [0.25, 0.3) is 110 Å². The van der Waals surface area contributed by atoms with E-state index in [1.165, 1.54) is 65.9 Å².